The smallest absolute Gasteiger partial charge is 0.377 e. The van der Waals surface area contributed by atoms with Crippen molar-refractivity contribution < 1.29 is 14.7 Å². The van der Waals surface area contributed by atoms with E-state index in [2.05, 4.69) is 5.10 Å². The Morgan fingerprint density at radius 3 is 2.43 bits per heavy atom. The number of carbonyl (C=O) groups excluding carboxylic acids is 1. The van der Waals surface area contributed by atoms with Gasteiger partial charge in [-0.2, -0.15) is 5.10 Å². The number of aliphatic carboxylic acids is 1. The van der Waals surface area contributed by atoms with Gasteiger partial charge in [0.1, 0.15) is 0 Å². The summed E-state index contributed by atoms with van der Waals surface area (Å²) < 4.78 is 1.57. The van der Waals surface area contributed by atoms with Crippen LogP contribution in [0.1, 0.15) is 35.9 Å². The molecule has 0 aromatic carbocycles. The summed E-state index contributed by atoms with van der Waals surface area (Å²) in [5.74, 6) is -2.36. The molecule has 0 radical (unpaired) electrons. The SMILES string of the molecule is Cc1nn(C(C)C)cc1C(=O)C(=O)O. The quantitative estimate of drug-likeness (QED) is 0.579. The van der Waals surface area contributed by atoms with Gasteiger partial charge in [0.15, 0.2) is 0 Å². The molecule has 1 aromatic heterocycles. The number of hydrogen-bond acceptors (Lipinski definition) is 3. The number of nitrogens with zero attached hydrogens (tertiary/aromatic N) is 2. The van der Waals surface area contributed by atoms with E-state index in [1.807, 2.05) is 13.8 Å². The average molecular weight is 196 g/mol. The van der Waals surface area contributed by atoms with Gasteiger partial charge in [0.25, 0.3) is 5.78 Å². The minimum Gasteiger partial charge on any atom is -0.475 e. The predicted octanol–water partition coefficient (Wildman–Crippen LogP) is 1.04. The molecule has 76 valence electrons. The summed E-state index contributed by atoms with van der Waals surface area (Å²) in [5, 5.41) is 12.6. The number of carbonyl (C=O) groups is 2. The van der Waals surface area contributed by atoms with E-state index in [0.717, 1.165) is 0 Å². The van der Waals surface area contributed by atoms with Crippen LogP contribution in [0.15, 0.2) is 6.20 Å². The highest BCUT2D eigenvalue weighted by Gasteiger charge is 2.20. The first-order valence-corrected chi connectivity index (χ1v) is 4.27. The zero-order chi connectivity index (χ0) is 10.9. The van der Waals surface area contributed by atoms with Crippen LogP contribution in [-0.2, 0) is 4.79 Å². The van der Waals surface area contributed by atoms with Crippen LogP contribution in [0.3, 0.4) is 0 Å². The van der Waals surface area contributed by atoms with E-state index in [9.17, 15) is 9.59 Å². The molecule has 0 aliphatic rings. The van der Waals surface area contributed by atoms with E-state index in [0.29, 0.717) is 5.69 Å². The molecule has 0 aliphatic heterocycles. The summed E-state index contributed by atoms with van der Waals surface area (Å²) in [5.41, 5.74) is 0.609. The molecular weight excluding hydrogens is 184 g/mol. The number of aryl methyl sites for hydroxylation is 1. The first kappa shape index (κ1) is 10.4. The lowest BCUT2D eigenvalue weighted by Crippen LogP contribution is -2.13. The van der Waals surface area contributed by atoms with Gasteiger partial charge in [0.05, 0.1) is 11.3 Å². The summed E-state index contributed by atoms with van der Waals surface area (Å²) in [6.07, 6.45) is 1.47. The highest BCUT2D eigenvalue weighted by atomic mass is 16.4. The van der Waals surface area contributed by atoms with Gasteiger partial charge in [-0.25, -0.2) is 4.79 Å². The van der Waals surface area contributed by atoms with Crippen LogP contribution in [0.2, 0.25) is 0 Å². The van der Waals surface area contributed by atoms with Crippen LogP contribution in [0.5, 0.6) is 0 Å². The molecule has 1 aromatic rings. The highest BCUT2D eigenvalue weighted by molar-refractivity contribution is 6.40. The topological polar surface area (TPSA) is 72.2 Å². The Bertz CT molecular complexity index is 379. The van der Waals surface area contributed by atoms with E-state index in [4.69, 9.17) is 5.11 Å². The Morgan fingerprint density at radius 2 is 2.07 bits per heavy atom. The van der Waals surface area contributed by atoms with Crippen molar-refractivity contribution >= 4 is 11.8 Å². The third-order valence-electron chi connectivity index (χ3n) is 1.88. The third kappa shape index (κ3) is 1.81. The fourth-order valence-electron chi connectivity index (χ4n) is 1.08. The molecule has 0 bridgehead atoms. The van der Waals surface area contributed by atoms with Crippen molar-refractivity contribution in [3.63, 3.8) is 0 Å². The largest absolute Gasteiger partial charge is 0.475 e. The van der Waals surface area contributed by atoms with Crippen molar-refractivity contribution in [1.29, 1.82) is 0 Å². The molecule has 0 atom stereocenters. The molecule has 0 saturated carbocycles. The standard InChI is InChI=1S/C9H12N2O3/c1-5(2)11-4-7(6(3)10-11)8(12)9(13)14/h4-5H,1-3H3,(H,13,14). The van der Waals surface area contributed by atoms with Crippen molar-refractivity contribution in [2.75, 3.05) is 0 Å². The van der Waals surface area contributed by atoms with Crippen molar-refractivity contribution in [2.24, 2.45) is 0 Å². The lowest BCUT2D eigenvalue weighted by atomic mass is 10.2. The summed E-state index contributed by atoms with van der Waals surface area (Å²) >= 11 is 0. The van der Waals surface area contributed by atoms with Crippen LogP contribution < -0.4 is 0 Å². The lowest BCUT2D eigenvalue weighted by molar-refractivity contribution is -0.131. The first-order chi connectivity index (χ1) is 6.43. The molecule has 1 heterocycles. The molecule has 5 nitrogen and oxygen atoms in total. The molecular formula is C9H12N2O3. The number of rotatable bonds is 3. The summed E-state index contributed by atoms with van der Waals surface area (Å²) in [6.45, 7) is 5.43. The Morgan fingerprint density at radius 1 is 1.50 bits per heavy atom. The number of carboxylic acid groups (broad SMARTS) is 1. The lowest BCUT2D eigenvalue weighted by Gasteiger charge is -2.02. The van der Waals surface area contributed by atoms with E-state index in [-0.39, 0.29) is 11.6 Å². The van der Waals surface area contributed by atoms with Crippen LogP contribution in [-0.4, -0.2) is 26.6 Å². The van der Waals surface area contributed by atoms with Crippen LogP contribution in [0.25, 0.3) is 0 Å². The molecule has 0 amide bonds. The Labute approximate surface area is 81.3 Å². The summed E-state index contributed by atoms with van der Waals surface area (Å²) in [4.78, 5) is 21.6. The van der Waals surface area contributed by atoms with Gasteiger partial charge in [-0.3, -0.25) is 9.48 Å². The second-order valence-electron chi connectivity index (χ2n) is 3.34. The molecule has 0 spiro atoms. The zero-order valence-corrected chi connectivity index (χ0v) is 8.31. The normalized spacial score (nSPS) is 10.6. The monoisotopic (exact) mass is 196 g/mol. The Hall–Kier alpha value is -1.65. The van der Waals surface area contributed by atoms with Gasteiger partial charge < -0.3 is 5.11 Å². The number of carboxylic acids is 1. The molecule has 0 saturated heterocycles. The van der Waals surface area contributed by atoms with E-state index in [1.165, 1.54) is 6.20 Å². The van der Waals surface area contributed by atoms with Crippen molar-refractivity contribution in [3.05, 3.63) is 17.5 Å². The van der Waals surface area contributed by atoms with E-state index < -0.39 is 11.8 Å². The van der Waals surface area contributed by atoms with Crippen molar-refractivity contribution in [2.45, 2.75) is 26.8 Å². The van der Waals surface area contributed by atoms with Crippen LogP contribution in [0, 0.1) is 6.92 Å². The van der Waals surface area contributed by atoms with Gasteiger partial charge in [-0.15, -0.1) is 0 Å². The Kier molecular flexibility index (Phi) is 2.69. The van der Waals surface area contributed by atoms with Crippen molar-refractivity contribution in [3.8, 4) is 0 Å². The van der Waals surface area contributed by atoms with Gasteiger partial charge >= 0.3 is 5.97 Å². The maximum absolute atomic E-state index is 11.1. The van der Waals surface area contributed by atoms with E-state index in [1.54, 1.807) is 11.6 Å². The molecule has 0 unspecified atom stereocenters. The first-order valence-electron chi connectivity index (χ1n) is 4.27. The number of aromatic nitrogens is 2. The molecule has 0 aliphatic carbocycles. The summed E-state index contributed by atoms with van der Waals surface area (Å²) in [7, 11) is 0. The minimum atomic E-state index is -1.45. The number of Topliss-reactive ketones (excluding diaryl/α,β-unsaturated/α-hetero) is 1. The fourth-order valence-corrected chi connectivity index (χ4v) is 1.08. The molecule has 0 fully saturated rings. The van der Waals surface area contributed by atoms with Crippen LogP contribution in [0.4, 0.5) is 0 Å². The predicted molar refractivity (Wildman–Crippen MR) is 49.3 cm³/mol. The third-order valence-corrected chi connectivity index (χ3v) is 1.88. The Balaban J connectivity index is 3.10. The van der Waals surface area contributed by atoms with Gasteiger partial charge in [-0.1, -0.05) is 0 Å². The molecule has 1 N–H and O–H groups in total. The summed E-state index contributed by atoms with van der Waals surface area (Å²) in [6, 6.07) is 0.115. The van der Waals surface area contributed by atoms with Gasteiger partial charge in [-0.05, 0) is 20.8 Å². The maximum atomic E-state index is 11.1. The van der Waals surface area contributed by atoms with Crippen LogP contribution >= 0.6 is 0 Å². The van der Waals surface area contributed by atoms with Gasteiger partial charge in [0, 0.05) is 12.2 Å². The molecule has 5 heteroatoms. The number of hydrogen-bond donors (Lipinski definition) is 1. The molecule has 14 heavy (non-hydrogen) atoms. The molecule has 1 rings (SSSR count). The maximum Gasteiger partial charge on any atom is 0.377 e. The minimum absolute atomic E-state index is 0.115. The zero-order valence-electron chi connectivity index (χ0n) is 8.31. The average Bonchev–Trinajstić information content (AvgIpc) is 2.46. The highest BCUT2D eigenvalue weighted by Crippen LogP contribution is 2.11. The fraction of sp³-hybridized carbons (Fsp3) is 0.444. The number of ketones is 1. The second-order valence-corrected chi connectivity index (χ2v) is 3.34. The van der Waals surface area contributed by atoms with Gasteiger partial charge in [0.2, 0.25) is 0 Å². The van der Waals surface area contributed by atoms with E-state index >= 15 is 0 Å². The van der Waals surface area contributed by atoms with Crippen molar-refractivity contribution in [1.82, 2.24) is 9.78 Å². The second kappa shape index (κ2) is 3.61.